The molecule has 6 aromatic heterocycles. The number of methoxy groups -OCH3 is 3. The van der Waals surface area contributed by atoms with E-state index in [1.807, 2.05) is 104 Å². The van der Waals surface area contributed by atoms with Gasteiger partial charge in [0, 0.05) is 146 Å². The highest BCUT2D eigenvalue weighted by Crippen LogP contribution is 2.43. The van der Waals surface area contributed by atoms with Gasteiger partial charge in [-0.2, -0.15) is 14.4 Å². The van der Waals surface area contributed by atoms with Gasteiger partial charge in [-0.3, -0.25) is 24.0 Å². The van der Waals surface area contributed by atoms with E-state index in [1.54, 1.807) is 81.3 Å². The Kier molecular flexibility index (Phi) is 35.9. The first-order valence-electron chi connectivity index (χ1n) is 47.1. The molecule has 730 valence electrons. The number of piperidine rings is 1. The molecule has 5 aliphatic rings. The van der Waals surface area contributed by atoms with Gasteiger partial charge in [0.2, 0.25) is 27.7 Å². The number of nitrogens with one attached hydrogen (secondary N) is 1. The zero-order chi connectivity index (χ0) is 96.0. The number of ketones is 3. The minimum absolute atomic E-state index is 0.0114. The van der Waals surface area contributed by atoms with Gasteiger partial charge >= 0.3 is 5.97 Å². The molecule has 4 aliphatic heterocycles. The van der Waals surface area contributed by atoms with E-state index in [-0.39, 0.29) is 112 Å². The molecule has 8 aromatic rings. The Labute approximate surface area is 787 Å². The van der Waals surface area contributed by atoms with Crippen LogP contribution in [0.25, 0.3) is 55.8 Å². The van der Waals surface area contributed by atoms with Crippen LogP contribution in [-0.4, -0.2) is 282 Å². The SMILES string of the molecule is CO[C@H]1C[C@@H]2CC[C@@H](C)[C@@](O)(O2)C(=O)C(=O)N2CCCC[C@H]2C(=O)OC([C@H](C)C[C@@H]2CC[C@H](n3nncc3-c3cccc(-c4cnc(N5CCN(S(=O)(=O)CCc6cn(CCOCCOCCOCCC(=O)NCCCCn7nc(-c8ccc9oc(N)nc9c8)c8c(N)ncnc87)nn6)CC5)nc4)c3)[C@H](OC)C2)CC(=O)[C@H](C)/C=C(\C)[C@@H](O)[C@@H](OC)C(=O)[C@H](C)C[C@H](C)/C=C/C=C/C=C/1C. The minimum atomic E-state index is -3.65. The van der Waals surface area contributed by atoms with Crippen molar-refractivity contribution in [1.82, 2.24) is 79.2 Å². The number of aryl methyl sites for hydroxylation is 2. The van der Waals surface area contributed by atoms with Gasteiger partial charge < -0.3 is 79.1 Å². The molecule has 4 fully saturated rings. The molecule has 1 saturated carbocycles. The van der Waals surface area contributed by atoms with Gasteiger partial charge in [-0.05, 0) is 150 Å². The number of fused-ring (bicyclic) bond motifs is 5. The minimum Gasteiger partial charge on any atom is -0.460 e. The third-order valence-corrected chi connectivity index (χ3v) is 28.5. The van der Waals surface area contributed by atoms with Gasteiger partial charge in [0.1, 0.15) is 53.5 Å². The Morgan fingerprint density at radius 3 is 2.29 bits per heavy atom. The van der Waals surface area contributed by atoms with Crippen LogP contribution >= 0.6 is 0 Å². The molecule has 38 nitrogen and oxygen atoms in total. The lowest BCUT2D eigenvalue weighted by Gasteiger charge is -2.42. The van der Waals surface area contributed by atoms with Crippen molar-refractivity contribution in [2.45, 2.75) is 219 Å². The van der Waals surface area contributed by atoms with E-state index in [0.29, 0.717) is 181 Å². The molecule has 1 aliphatic carbocycles. The maximum Gasteiger partial charge on any atom is 0.329 e. The molecule has 0 spiro atoms. The van der Waals surface area contributed by atoms with E-state index < -0.39 is 93.7 Å². The number of aliphatic hydroxyl groups excluding tert-OH is 1. The zero-order valence-electron chi connectivity index (χ0n) is 78.9. The molecule has 3 saturated heterocycles. The molecular weight excluding hydrogens is 1760 g/mol. The summed E-state index contributed by atoms with van der Waals surface area (Å²) in [5.41, 5.74) is 20.2. The summed E-state index contributed by atoms with van der Waals surface area (Å²) in [6, 6.07) is 12.0. The van der Waals surface area contributed by atoms with E-state index in [2.05, 4.69) is 40.9 Å². The van der Waals surface area contributed by atoms with Crippen molar-refractivity contribution >= 4 is 85.1 Å². The average Bonchev–Trinajstić information content (AvgIpc) is 1.65. The lowest BCUT2D eigenvalue weighted by molar-refractivity contribution is -0.265. The molecule has 2 bridgehead atoms. The number of anilines is 3. The summed E-state index contributed by atoms with van der Waals surface area (Å²) < 4.78 is 87.3. The second-order valence-electron chi connectivity index (χ2n) is 36.3. The monoisotopic (exact) mass is 1890 g/mol. The number of nitrogens with two attached hydrogens (primary N) is 2. The highest BCUT2D eigenvalue weighted by atomic mass is 32.2. The number of ether oxygens (including phenoxy) is 8. The Bertz CT molecular complexity index is 5590. The summed E-state index contributed by atoms with van der Waals surface area (Å²) >= 11 is 0. The van der Waals surface area contributed by atoms with Crippen LogP contribution in [0.15, 0.2) is 126 Å². The lowest BCUT2D eigenvalue weighted by Crippen LogP contribution is -2.61. The number of cyclic esters (lactones) is 1. The van der Waals surface area contributed by atoms with Crippen molar-refractivity contribution in [3.8, 4) is 33.6 Å². The van der Waals surface area contributed by atoms with Gasteiger partial charge in [0.15, 0.2) is 17.0 Å². The predicted octanol–water partition coefficient (Wildman–Crippen LogP) is 9.21. The zero-order valence-corrected chi connectivity index (χ0v) is 79.8. The maximum atomic E-state index is 15.0. The third-order valence-electron chi connectivity index (χ3n) is 26.7. The van der Waals surface area contributed by atoms with E-state index in [0.717, 1.165) is 39.9 Å². The lowest BCUT2D eigenvalue weighted by atomic mass is 9.77. The van der Waals surface area contributed by atoms with Gasteiger partial charge in [0.25, 0.3) is 17.7 Å². The molecule has 39 heteroatoms. The smallest absolute Gasteiger partial charge is 0.329 e. The molecule has 7 N–H and O–H groups in total. The number of aliphatic hydroxyl groups is 2. The molecule has 2 amide bonds. The topological polar surface area (TPSA) is 481 Å². The summed E-state index contributed by atoms with van der Waals surface area (Å²) in [5.74, 6) is -8.07. The van der Waals surface area contributed by atoms with Gasteiger partial charge in [-0.15, -0.1) is 10.2 Å². The normalized spacial score (nSPS) is 26.6. The van der Waals surface area contributed by atoms with Crippen LogP contribution in [0.3, 0.4) is 0 Å². The number of allylic oxidation sites excluding steroid dienone is 6. The Balaban J connectivity index is 0.544. The van der Waals surface area contributed by atoms with Crippen LogP contribution < -0.4 is 21.7 Å². The van der Waals surface area contributed by atoms with Gasteiger partial charge in [-0.25, -0.2) is 47.2 Å². The quantitative estimate of drug-likeness (QED) is 0.0113. The van der Waals surface area contributed by atoms with Crippen molar-refractivity contribution in [2.24, 2.45) is 35.5 Å². The number of unbranched alkanes of at least 4 members (excludes halogenated alkanes) is 1. The average molecular weight is 1890 g/mol. The molecule has 1 unspecified atom stereocenters. The highest BCUT2D eigenvalue weighted by Gasteiger charge is 2.53. The first-order valence-corrected chi connectivity index (χ1v) is 48.7. The summed E-state index contributed by atoms with van der Waals surface area (Å²) in [6.45, 7) is 17.3. The molecular formula is C96H131N19O19S. The number of benzene rings is 2. The molecule has 2 aromatic carbocycles. The Morgan fingerprint density at radius 1 is 0.763 bits per heavy atom. The number of aromatic nitrogens is 13. The number of carbonyl (C=O) groups excluding carboxylic acids is 6. The van der Waals surface area contributed by atoms with Crippen molar-refractivity contribution in [3.05, 3.63) is 127 Å². The first-order chi connectivity index (χ1) is 65.0. The van der Waals surface area contributed by atoms with Gasteiger partial charge in [0.05, 0.1) is 99.3 Å². The van der Waals surface area contributed by atoms with Crippen molar-refractivity contribution in [2.75, 3.05) is 122 Å². The number of esters is 1. The van der Waals surface area contributed by atoms with E-state index >= 15 is 0 Å². The predicted molar refractivity (Wildman–Crippen MR) is 502 cm³/mol. The second-order valence-corrected chi connectivity index (χ2v) is 38.4. The van der Waals surface area contributed by atoms with Crippen LogP contribution in [0.5, 0.6) is 0 Å². The second kappa shape index (κ2) is 47.8. The number of oxazole rings is 1. The summed E-state index contributed by atoms with van der Waals surface area (Å²) in [4.78, 5) is 111. The van der Waals surface area contributed by atoms with Crippen LogP contribution in [0.2, 0.25) is 0 Å². The fraction of sp³-hybridized carbons (Fsp3) is 0.583. The van der Waals surface area contributed by atoms with Crippen molar-refractivity contribution < 1.29 is 89.7 Å². The van der Waals surface area contributed by atoms with Crippen LogP contribution in [0.4, 0.5) is 17.8 Å². The standard InChI is InChI=1S/C96H131N19O19S/c1-60-19-12-11-13-20-61(2)80(126-8)53-73-27-24-66(7)96(123,134-73)89(120)92(121)113-33-16-14-23-76(113)93(122)132-81(54-78(116)62(3)48-65(6)87(119)88(128-10)86(118)64(5)47-60)63(4)49-67-25-28-75(82(50-67)127-9)115-77(57-104-108-115)69-22-18-21-68(51-69)71-55-100-95(101-56-71)110-35-37-112(38-36-110)135(124,125)46-31-72-58-111(109-106-72)39-41-130-43-45-131-44-42-129-40-30-83(117)99-32-15-17-34-114-91-84(90(97)102-59-103-91)85(107-114)70-26-29-79-74(52-70)105-94(98)133-79/h11-13,18-22,26,29,48,51-52,55-60,62-64,66-67,73,75-76,80-82,87-88,119,123H,14-17,23-25,27-28,30-47,49-50,53-54H2,1-10H3,(H2,98,105)(H,99,117)(H2,97,102,103)/b13-11+,19-12+,61-20+,65-48+/t60-,62-,63-,64-,66-,67+,73+,75+,76+,80+,81?,82-,87-,88+,96-/m1/s1. The fourth-order valence-corrected chi connectivity index (χ4v) is 20.2. The van der Waals surface area contributed by atoms with E-state index in [1.165, 1.54) is 22.6 Å². The Morgan fingerprint density at radius 2 is 1.53 bits per heavy atom. The number of nitrogen functional groups attached to an aromatic ring is 2. The number of rotatable bonds is 32. The molecule has 15 atom stereocenters. The Hall–Kier alpha value is -10.9. The first kappa shape index (κ1) is 102. The number of sulfonamides is 1. The summed E-state index contributed by atoms with van der Waals surface area (Å²) in [6.07, 6.45) is 21.3. The van der Waals surface area contributed by atoms with E-state index in [4.69, 9.17) is 68.8 Å². The largest absolute Gasteiger partial charge is 0.460 e. The molecule has 135 heavy (non-hydrogen) atoms. The summed E-state index contributed by atoms with van der Waals surface area (Å²) in [7, 11) is 0.967. The van der Waals surface area contributed by atoms with Crippen molar-refractivity contribution in [3.63, 3.8) is 0 Å². The highest BCUT2D eigenvalue weighted by molar-refractivity contribution is 7.89. The molecule has 0 radical (unpaired) electrons. The van der Waals surface area contributed by atoms with E-state index in [9.17, 15) is 47.4 Å². The molecule has 10 heterocycles. The van der Waals surface area contributed by atoms with Gasteiger partial charge in [-0.1, -0.05) is 99.7 Å². The number of piperazine rings is 1. The number of hydrogen-bond acceptors (Lipinski definition) is 32. The number of amides is 2. The van der Waals surface area contributed by atoms with Crippen molar-refractivity contribution in [1.29, 1.82) is 0 Å². The third kappa shape index (κ3) is 26.1. The van der Waals surface area contributed by atoms with Crippen LogP contribution in [0.1, 0.15) is 157 Å². The number of carbonyl (C=O) groups is 6. The fourth-order valence-electron chi connectivity index (χ4n) is 18.7. The number of nitrogens with zero attached hydrogens (tertiary/aromatic N) is 16. The maximum absolute atomic E-state index is 15.0. The number of Topliss-reactive ketones (excluding diaryl/α,β-unsaturated/α-hetero) is 3. The summed E-state index contributed by atoms with van der Waals surface area (Å²) in [5, 5.41) is 49.9. The molecule has 13 rings (SSSR count). The van der Waals surface area contributed by atoms with Crippen LogP contribution in [-0.2, 0) is 96.2 Å². The number of hydrogen-bond donors (Lipinski definition) is 5. The van der Waals surface area contributed by atoms with Crippen LogP contribution in [0, 0.1) is 35.5 Å².